The van der Waals surface area contributed by atoms with Crippen molar-refractivity contribution in [2.45, 2.75) is 38.1 Å². The Balaban J connectivity index is 1.97. The van der Waals surface area contributed by atoms with Crippen LogP contribution in [0.2, 0.25) is 0 Å². The summed E-state index contributed by atoms with van der Waals surface area (Å²) < 4.78 is 9.62. The van der Waals surface area contributed by atoms with E-state index in [0.717, 1.165) is 43.4 Å². The van der Waals surface area contributed by atoms with Gasteiger partial charge in [0.1, 0.15) is 6.61 Å². The summed E-state index contributed by atoms with van der Waals surface area (Å²) in [5, 5.41) is 3.00. The molecule has 0 bridgehead atoms. The summed E-state index contributed by atoms with van der Waals surface area (Å²) in [5.74, 6) is -1.28. The molecule has 0 aliphatic heterocycles. The van der Waals surface area contributed by atoms with E-state index in [4.69, 9.17) is 4.74 Å². The fourth-order valence-electron chi connectivity index (χ4n) is 2.98. The minimum absolute atomic E-state index is 0.000273. The van der Waals surface area contributed by atoms with Crippen molar-refractivity contribution in [2.75, 3.05) is 13.7 Å². The van der Waals surface area contributed by atoms with Gasteiger partial charge >= 0.3 is 11.9 Å². The molecule has 1 fully saturated rings. The number of hydrogen-bond donors (Lipinski definition) is 1. The molecule has 6 nitrogen and oxygen atoms in total. The lowest BCUT2D eigenvalue weighted by Crippen LogP contribution is -2.37. The van der Waals surface area contributed by atoms with Gasteiger partial charge in [0.2, 0.25) is 5.91 Å². The fraction of sp³-hybridized carbons (Fsp3) is 0.450. The van der Waals surface area contributed by atoms with E-state index in [2.05, 4.69) is 10.1 Å². The lowest BCUT2D eigenvalue weighted by atomic mass is 9.88. The van der Waals surface area contributed by atoms with Crippen LogP contribution in [0, 0.1) is 5.92 Å². The zero-order valence-electron chi connectivity index (χ0n) is 15.0. The molecule has 0 radical (unpaired) electrons. The van der Waals surface area contributed by atoms with Crippen molar-refractivity contribution in [3.63, 3.8) is 0 Å². The summed E-state index contributed by atoms with van der Waals surface area (Å²) >= 11 is 0. The van der Waals surface area contributed by atoms with Crippen LogP contribution in [0.4, 0.5) is 0 Å². The Morgan fingerprint density at radius 3 is 2.38 bits per heavy atom. The van der Waals surface area contributed by atoms with Gasteiger partial charge in [0.25, 0.3) is 0 Å². The molecule has 0 aromatic heterocycles. The molecule has 0 saturated heterocycles. The second kappa shape index (κ2) is 10.4. The normalized spacial score (nSPS) is 16.0. The van der Waals surface area contributed by atoms with Gasteiger partial charge in [0.05, 0.1) is 13.2 Å². The van der Waals surface area contributed by atoms with Crippen LogP contribution in [-0.2, 0) is 23.9 Å². The second-order valence-corrected chi connectivity index (χ2v) is 6.29. The van der Waals surface area contributed by atoms with Crippen molar-refractivity contribution in [1.82, 2.24) is 5.32 Å². The Hall–Kier alpha value is -2.63. The van der Waals surface area contributed by atoms with Gasteiger partial charge in [0.15, 0.2) is 0 Å². The molecular weight excluding hydrogens is 334 g/mol. The zero-order valence-corrected chi connectivity index (χ0v) is 15.0. The molecule has 140 valence electrons. The minimum Gasteiger partial charge on any atom is -0.466 e. The third-order valence-electron chi connectivity index (χ3n) is 4.44. The molecule has 0 heterocycles. The summed E-state index contributed by atoms with van der Waals surface area (Å²) in [7, 11) is 1.23. The number of carbonyl (C=O) groups excluding carboxylic acids is 3. The summed E-state index contributed by atoms with van der Waals surface area (Å²) in [6.07, 6.45) is 7.13. The summed E-state index contributed by atoms with van der Waals surface area (Å²) in [4.78, 5) is 35.3. The highest BCUT2D eigenvalue weighted by Crippen LogP contribution is 2.25. The molecule has 1 atom stereocenters. The first-order chi connectivity index (χ1) is 12.6. The SMILES string of the molecule is COC(=O)/C=C/C(=O)OCC(NC(=O)C1CCCCC1)c1ccccc1. The van der Waals surface area contributed by atoms with Crippen LogP contribution in [0.3, 0.4) is 0 Å². The van der Waals surface area contributed by atoms with Gasteiger partial charge in [0, 0.05) is 18.1 Å². The highest BCUT2D eigenvalue weighted by Gasteiger charge is 2.24. The number of esters is 2. The van der Waals surface area contributed by atoms with Crippen molar-refractivity contribution in [3.05, 3.63) is 48.0 Å². The number of hydrogen-bond acceptors (Lipinski definition) is 5. The average Bonchev–Trinajstić information content (AvgIpc) is 2.70. The highest BCUT2D eigenvalue weighted by molar-refractivity contribution is 5.91. The molecule has 1 aliphatic rings. The maximum Gasteiger partial charge on any atom is 0.331 e. The van der Waals surface area contributed by atoms with E-state index in [-0.39, 0.29) is 18.4 Å². The molecule has 1 N–H and O–H groups in total. The Kier molecular flexibility index (Phi) is 7.86. The number of ether oxygens (including phenoxy) is 2. The first-order valence-corrected chi connectivity index (χ1v) is 8.88. The van der Waals surface area contributed by atoms with E-state index in [0.29, 0.717) is 0 Å². The zero-order chi connectivity index (χ0) is 18.8. The van der Waals surface area contributed by atoms with Crippen LogP contribution >= 0.6 is 0 Å². The molecule has 1 saturated carbocycles. The second-order valence-electron chi connectivity index (χ2n) is 6.29. The minimum atomic E-state index is -0.664. The summed E-state index contributed by atoms with van der Waals surface area (Å²) in [5.41, 5.74) is 0.862. The van der Waals surface area contributed by atoms with Crippen LogP contribution in [0.15, 0.2) is 42.5 Å². The van der Waals surface area contributed by atoms with Gasteiger partial charge in [-0.2, -0.15) is 0 Å². The molecule has 1 unspecified atom stereocenters. The Bertz CT molecular complexity index is 635. The highest BCUT2D eigenvalue weighted by atomic mass is 16.5. The van der Waals surface area contributed by atoms with Crippen molar-refractivity contribution in [3.8, 4) is 0 Å². The largest absolute Gasteiger partial charge is 0.466 e. The number of methoxy groups -OCH3 is 1. The van der Waals surface area contributed by atoms with Gasteiger partial charge in [-0.25, -0.2) is 9.59 Å². The van der Waals surface area contributed by atoms with Crippen LogP contribution < -0.4 is 5.32 Å². The number of nitrogens with one attached hydrogen (secondary N) is 1. The number of benzene rings is 1. The van der Waals surface area contributed by atoms with Gasteiger partial charge < -0.3 is 14.8 Å². The van der Waals surface area contributed by atoms with Crippen molar-refractivity contribution >= 4 is 17.8 Å². The molecule has 6 heteroatoms. The van der Waals surface area contributed by atoms with Crippen molar-refractivity contribution in [1.29, 1.82) is 0 Å². The molecule has 0 spiro atoms. The van der Waals surface area contributed by atoms with E-state index in [1.54, 1.807) is 0 Å². The van der Waals surface area contributed by atoms with E-state index in [9.17, 15) is 14.4 Å². The molecule has 26 heavy (non-hydrogen) atoms. The van der Waals surface area contributed by atoms with E-state index < -0.39 is 18.0 Å². The average molecular weight is 359 g/mol. The van der Waals surface area contributed by atoms with Gasteiger partial charge in [-0.05, 0) is 18.4 Å². The van der Waals surface area contributed by atoms with Gasteiger partial charge in [-0.1, -0.05) is 49.6 Å². The van der Waals surface area contributed by atoms with Gasteiger partial charge in [-0.3, -0.25) is 4.79 Å². The standard InChI is InChI=1S/C20H25NO5/c1-25-18(22)12-13-19(23)26-14-17(15-8-4-2-5-9-15)21-20(24)16-10-6-3-7-11-16/h2,4-5,8-9,12-13,16-17H,3,6-7,10-11,14H2,1H3,(H,21,24)/b13-12+. The number of amides is 1. The van der Waals surface area contributed by atoms with Crippen LogP contribution in [0.25, 0.3) is 0 Å². The van der Waals surface area contributed by atoms with Gasteiger partial charge in [-0.15, -0.1) is 0 Å². The first kappa shape index (κ1) is 19.7. The maximum absolute atomic E-state index is 12.6. The molecule has 1 amide bonds. The fourth-order valence-corrected chi connectivity index (χ4v) is 2.98. The first-order valence-electron chi connectivity index (χ1n) is 8.88. The summed E-state index contributed by atoms with van der Waals surface area (Å²) in [6.45, 7) is -0.00712. The Morgan fingerprint density at radius 1 is 1.08 bits per heavy atom. The van der Waals surface area contributed by atoms with E-state index in [1.165, 1.54) is 13.5 Å². The third-order valence-corrected chi connectivity index (χ3v) is 4.44. The Labute approximate surface area is 153 Å². The molecule has 1 aliphatic carbocycles. The van der Waals surface area contributed by atoms with Crippen molar-refractivity contribution < 1.29 is 23.9 Å². The molecule has 1 aromatic rings. The molecule has 2 rings (SSSR count). The Morgan fingerprint density at radius 2 is 1.73 bits per heavy atom. The smallest absolute Gasteiger partial charge is 0.331 e. The van der Waals surface area contributed by atoms with E-state index >= 15 is 0 Å². The maximum atomic E-state index is 12.6. The number of carbonyl (C=O) groups is 3. The molecule has 1 aromatic carbocycles. The third kappa shape index (κ3) is 6.35. The van der Waals surface area contributed by atoms with Crippen LogP contribution in [-0.4, -0.2) is 31.6 Å². The molecular formula is C20H25NO5. The summed E-state index contributed by atoms with van der Waals surface area (Å²) in [6, 6.07) is 8.95. The van der Waals surface area contributed by atoms with E-state index in [1.807, 2.05) is 30.3 Å². The predicted octanol–water partition coefficient (Wildman–Crippen LogP) is 2.70. The topological polar surface area (TPSA) is 81.7 Å². The lowest BCUT2D eigenvalue weighted by Gasteiger charge is -2.25. The van der Waals surface area contributed by atoms with Crippen molar-refractivity contribution in [2.24, 2.45) is 5.92 Å². The predicted molar refractivity (Wildman–Crippen MR) is 96.0 cm³/mol. The van der Waals surface area contributed by atoms with Crippen LogP contribution in [0.5, 0.6) is 0 Å². The quantitative estimate of drug-likeness (QED) is 0.598. The number of rotatable bonds is 7. The lowest BCUT2D eigenvalue weighted by molar-refractivity contribution is -0.140. The van der Waals surface area contributed by atoms with Crippen LogP contribution in [0.1, 0.15) is 43.7 Å². The monoisotopic (exact) mass is 359 g/mol.